The summed E-state index contributed by atoms with van der Waals surface area (Å²) < 4.78 is 0. The van der Waals surface area contributed by atoms with Crippen molar-refractivity contribution in [2.75, 3.05) is 29.9 Å². The second-order valence-electron chi connectivity index (χ2n) is 5.97. The van der Waals surface area contributed by atoms with Gasteiger partial charge in [-0.2, -0.15) is 0 Å². The van der Waals surface area contributed by atoms with Crippen LogP contribution in [0.15, 0.2) is 24.3 Å². The van der Waals surface area contributed by atoms with Crippen molar-refractivity contribution in [3.8, 4) is 0 Å². The largest absolute Gasteiger partial charge is 0.346 e. The van der Waals surface area contributed by atoms with Gasteiger partial charge in [-0.05, 0) is 24.1 Å². The first kappa shape index (κ1) is 17.7. The summed E-state index contributed by atoms with van der Waals surface area (Å²) in [6, 6.07) is 6.18. The minimum Gasteiger partial charge on any atom is -0.346 e. The Bertz CT molecular complexity index is 632. The summed E-state index contributed by atoms with van der Waals surface area (Å²) in [5.41, 5.74) is 6.97. The molecule has 8 nitrogen and oxygen atoms in total. The van der Waals surface area contributed by atoms with E-state index in [2.05, 4.69) is 16.0 Å². The van der Waals surface area contributed by atoms with Crippen molar-refractivity contribution in [3.05, 3.63) is 24.3 Å². The maximum absolute atomic E-state index is 11.9. The van der Waals surface area contributed by atoms with E-state index in [1.807, 2.05) is 13.8 Å². The topological polar surface area (TPSA) is 117 Å². The number of amides is 4. The van der Waals surface area contributed by atoms with Crippen molar-refractivity contribution < 1.29 is 14.4 Å². The van der Waals surface area contributed by atoms with Crippen molar-refractivity contribution in [2.24, 2.45) is 11.7 Å². The van der Waals surface area contributed by atoms with Crippen molar-refractivity contribution in [1.29, 1.82) is 0 Å². The third kappa shape index (κ3) is 4.45. The number of anilines is 2. The van der Waals surface area contributed by atoms with Gasteiger partial charge in [-0.1, -0.05) is 19.9 Å². The standard InChI is InChI=1S/C16H23N5O3/c1-10(2)14(17)15(23)19-9-13(22)20-11-4-3-5-12(8-11)21-7-6-18-16(21)24/h3-5,8,10,14H,6-7,9,17H2,1-2H3,(H,18,24)(H,19,23)(H,20,22)/t14-/m0/s1. The maximum atomic E-state index is 11.9. The van der Waals surface area contributed by atoms with Crippen LogP contribution in [0.3, 0.4) is 0 Å². The molecule has 1 aliphatic heterocycles. The number of carbonyl (C=O) groups is 3. The Morgan fingerprint density at radius 1 is 1.38 bits per heavy atom. The van der Waals surface area contributed by atoms with Gasteiger partial charge in [0.2, 0.25) is 11.8 Å². The van der Waals surface area contributed by atoms with Crippen LogP contribution in [0.25, 0.3) is 0 Å². The van der Waals surface area contributed by atoms with Crippen molar-refractivity contribution in [2.45, 2.75) is 19.9 Å². The molecule has 0 saturated carbocycles. The fourth-order valence-electron chi connectivity index (χ4n) is 2.26. The van der Waals surface area contributed by atoms with E-state index in [0.717, 1.165) is 0 Å². The van der Waals surface area contributed by atoms with Gasteiger partial charge in [-0.25, -0.2) is 4.79 Å². The summed E-state index contributed by atoms with van der Waals surface area (Å²) in [5.74, 6) is -0.721. The lowest BCUT2D eigenvalue weighted by Crippen LogP contribution is -2.46. The van der Waals surface area contributed by atoms with Gasteiger partial charge < -0.3 is 21.7 Å². The van der Waals surface area contributed by atoms with E-state index in [9.17, 15) is 14.4 Å². The van der Waals surface area contributed by atoms with Gasteiger partial charge in [-0.3, -0.25) is 14.5 Å². The van der Waals surface area contributed by atoms with Crippen LogP contribution in [-0.4, -0.2) is 43.5 Å². The second kappa shape index (κ2) is 7.78. The van der Waals surface area contributed by atoms with Gasteiger partial charge in [0.15, 0.2) is 0 Å². The number of nitrogens with one attached hydrogen (secondary N) is 3. The predicted octanol–water partition coefficient (Wildman–Crippen LogP) is 0.254. The Kier molecular flexibility index (Phi) is 5.75. The zero-order valence-electron chi connectivity index (χ0n) is 13.8. The number of hydrogen-bond acceptors (Lipinski definition) is 4. The molecule has 1 aromatic carbocycles. The molecule has 4 amide bonds. The van der Waals surface area contributed by atoms with Crippen LogP contribution < -0.4 is 26.6 Å². The van der Waals surface area contributed by atoms with Crippen LogP contribution in [0.2, 0.25) is 0 Å². The molecule has 0 bridgehead atoms. The summed E-state index contributed by atoms with van der Waals surface area (Å²) in [6.07, 6.45) is 0. The monoisotopic (exact) mass is 333 g/mol. The minimum absolute atomic E-state index is 0.00338. The average Bonchev–Trinajstić information content (AvgIpc) is 2.98. The van der Waals surface area contributed by atoms with Gasteiger partial charge in [0.25, 0.3) is 0 Å². The van der Waals surface area contributed by atoms with E-state index >= 15 is 0 Å². The molecule has 1 saturated heterocycles. The molecule has 0 radical (unpaired) electrons. The normalized spacial score (nSPS) is 15.2. The molecule has 2 rings (SSSR count). The van der Waals surface area contributed by atoms with E-state index in [4.69, 9.17) is 5.73 Å². The van der Waals surface area contributed by atoms with Gasteiger partial charge in [0.1, 0.15) is 0 Å². The second-order valence-corrected chi connectivity index (χ2v) is 5.97. The lowest BCUT2D eigenvalue weighted by atomic mass is 10.1. The van der Waals surface area contributed by atoms with Crippen LogP contribution in [0.5, 0.6) is 0 Å². The Morgan fingerprint density at radius 2 is 2.12 bits per heavy atom. The smallest absolute Gasteiger partial charge is 0.321 e. The van der Waals surface area contributed by atoms with E-state index in [1.54, 1.807) is 29.2 Å². The highest BCUT2D eigenvalue weighted by Gasteiger charge is 2.21. The predicted molar refractivity (Wildman–Crippen MR) is 91.6 cm³/mol. The van der Waals surface area contributed by atoms with Gasteiger partial charge in [0, 0.05) is 24.5 Å². The van der Waals surface area contributed by atoms with E-state index in [0.29, 0.717) is 24.5 Å². The molecule has 1 aromatic rings. The van der Waals surface area contributed by atoms with E-state index in [-0.39, 0.29) is 30.3 Å². The molecule has 1 aliphatic rings. The molecule has 0 aromatic heterocycles. The number of nitrogens with zero attached hydrogens (tertiary/aromatic N) is 1. The summed E-state index contributed by atoms with van der Waals surface area (Å²) in [6.45, 7) is 4.69. The summed E-state index contributed by atoms with van der Waals surface area (Å²) >= 11 is 0. The van der Waals surface area contributed by atoms with Gasteiger partial charge in [0.05, 0.1) is 12.6 Å². The molecule has 0 aliphatic carbocycles. The zero-order chi connectivity index (χ0) is 17.7. The lowest BCUT2D eigenvalue weighted by Gasteiger charge is -2.16. The molecular formula is C16H23N5O3. The highest BCUT2D eigenvalue weighted by atomic mass is 16.2. The van der Waals surface area contributed by atoms with Crippen LogP contribution >= 0.6 is 0 Å². The SMILES string of the molecule is CC(C)[C@H](N)C(=O)NCC(=O)Nc1cccc(N2CCNC2=O)c1. The lowest BCUT2D eigenvalue weighted by molar-refractivity contribution is -0.125. The van der Waals surface area contributed by atoms with Gasteiger partial charge in [-0.15, -0.1) is 0 Å². The zero-order valence-corrected chi connectivity index (χ0v) is 13.8. The molecule has 5 N–H and O–H groups in total. The molecule has 1 atom stereocenters. The number of rotatable bonds is 6. The third-order valence-corrected chi connectivity index (χ3v) is 3.74. The molecule has 1 fully saturated rings. The Morgan fingerprint density at radius 3 is 2.75 bits per heavy atom. The van der Waals surface area contributed by atoms with E-state index in [1.165, 1.54) is 0 Å². The molecule has 1 heterocycles. The van der Waals surface area contributed by atoms with Crippen LogP contribution in [0.4, 0.5) is 16.2 Å². The Labute approximate surface area is 140 Å². The molecule has 8 heteroatoms. The number of nitrogens with two attached hydrogens (primary N) is 1. The van der Waals surface area contributed by atoms with Crippen molar-refractivity contribution in [3.63, 3.8) is 0 Å². The fraction of sp³-hybridized carbons (Fsp3) is 0.438. The Balaban J connectivity index is 1.90. The first-order valence-electron chi connectivity index (χ1n) is 7.87. The Hall–Kier alpha value is -2.61. The highest BCUT2D eigenvalue weighted by molar-refractivity contribution is 5.97. The molecular weight excluding hydrogens is 310 g/mol. The first-order valence-corrected chi connectivity index (χ1v) is 7.87. The highest BCUT2D eigenvalue weighted by Crippen LogP contribution is 2.20. The average molecular weight is 333 g/mol. The third-order valence-electron chi connectivity index (χ3n) is 3.74. The van der Waals surface area contributed by atoms with Crippen LogP contribution in [-0.2, 0) is 9.59 Å². The number of benzene rings is 1. The molecule has 0 unspecified atom stereocenters. The summed E-state index contributed by atoms with van der Waals surface area (Å²) in [5, 5.41) is 7.92. The molecule has 130 valence electrons. The summed E-state index contributed by atoms with van der Waals surface area (Å²) in [4.78, 5) is 37.0. The van der Waals surface area contributed by atoms with Crippen molar-refractivity contribution in [1.82, 2.24) is 10.6 Å². The first-order chi connectivity index (χ1) is 11.4. The van der Waals surface area contributed by atoms with Crippen molar-refractivity contribution >= 4 is 29.2 Å². The van der Waals surface area contributed by atoms with Gasteiger partial charge >= 0.3 is 6.03 Å². The molecule has 0 spiro atoms. The minimum atomic E-state index is -0.644. The quantitative estimate of drug-likeness (QED) is 0.597. The number of hydrogen-bond donors (Lipinski definition) is 4. The van der Waals surface area contributed by atoms with Crippen LogP contribution in [0.1, 0.15) is 13.8 Å². The van der Waals surface area contributed by atoms with Crippen LogP contribution in [0, 0.1) is 5.92 Å². The number of urea groups is 1. The number of carbonyl (C=O) groups excluding carboxylic acids is 3. The fourth-order valence-corrected chi connectivity index (χ4v) is 2.26. The maximum Gasteiger partial charge on any atom is 0.321 e. The van der Waals surface area contributed by atoms with E-state index < -0.39 is 6.04 Å². The molecule has 24 heavy (non-hydrogen) atoms. The summed E-state index contributed by atoms with van der Waals surface area (Å²) in [7, 11) is 0.